The molecule has 0 aliphatic heterocycles. The van der Waals surface area contributed by atoms with Crippen molar-refractivity contribution in [2.45, 2.75) is 20.5 Å². The van der Waals surface area contributed by atoms with Gasteiger partial charge in [0.15, 0.2) is 0 Å². The summed E-state index contributed by atoms with van der Waals surface area (Å²) in [4.78, 5) is 10.9. The third-order valence-electron chi connectivity index (χ3n) is 2.96. The minimum absolute atomic E-state index is 0.417. The van der Waals surface area contributed by atoms with Crippen molar-refractivity contribution in [1.29, 1.82) is 0 Å². The highest BCUT2D eigenvalue weighted by molar-refractivity contribution is 5.77. The lowest BCUT2D eigenvalue weighted by Crippen LogP contribution is -2.01. The van der Waals surface area contributed by atoms with E-state index < -0.39 is 0 Å². The van der Waals surface area contributed by atoms with E-state index >= 15 is 0 Å². The van der Waals surface area contributed by atoms with E-state index in [9.17, 15) is 4.79 Å². The van der Waals surface area contributed by atoms with Gasteiger partial charge >= 0.3 is 0 Å². The predicted molar refractivity (Wildman–Crippen MR) is 72.1 cm³/mol. The molecule has 18 heavy (non-hydrogen) atoms. The first-order chi connectivity index (χ1) is 8.72. The topological polar surface area (TPSA) is 26.3 Å². The third kappa shape index (κ3) is 2.59. The molecule has 0 N–H and O–H groups in total. The molecule has 0 unspecified atom stereocenters. The van der Waals surface area contributed by atoms with Crippen molar-refractivity contribution in [3.63, 3.8) is 0 Å². The van der Waals surface area contributed by atoms with Crippen LogP contribution in [0.5, 0.6) is 5.75 Å². The number of rotatable bonds is 4. The Labute approximate surface area is 107 Å². The summed E-state index contributed by atoms with van der Waals surface area (Å²) in [7, 11) is 0. The van der Waals surface area contributed by atoms with Gasteiger partial charge in [0.05, 0.1) is 0 Å². The summed E-state index contributed by atoms with van der Waals surface area (Å²) in [5, 5.41) is 0. The molecule has 2 rings (SSSR count). The van der Waals surface area contributed by atoms with Gasteiger partial charge in [-0.2, -0.15) is 0 Å². The van der Waals surface area contributed by atoms with E-state index in [2.05, 4.69) is 0 Å². The molecule has 2 nitrogen and oxygen atoms in total. The van der Waals surface area contributed by atoms with Gasteiger partial charge in [-0.1, -0.05) is 42.5 Å². The van der Waals surface area contributed by atoms with Crippen molar-refractivity contribution in [3.05, 3.63) is 64.7 Å². The molecule has 0 spiro atoms. The minimum atomic E-state index is 0.417. The van der Waals surface area contributed by atoms with Crippen LogP contribution in [0.15, 0.2) is 42.5 Å². The highest BCUT2D eigenvalue weighted by atomic mass is 16.5. The molecule has 0 heterocycles. The molecule has 2 heteroatoms. The Morgan fingerprint density at radius 2 is 1.67 bits per heavy atom. The molecule has 0 aromatic heterocycles. The molecule has 0 radical (unpaired) electrons. The van der Waals surface area contributed by atoms with Crippen molar-refractivity contribution in [2.24, 2.45) is 0 Å². The first-order valence-corrected chi connectivity index (χ1v) is 5.94. The first kappa shape index (κ1) is 12.4. The third-order valence-corrected chi connectivity index (χ3v) is 2.96. The summed E-state index contributed by atoms with van der Waals surface area (Å²) >= 11 is 0. The summed E-state index contributed by atoms with van der Waals surface area (Å²) in [6.07, 6.45) is 0.864. The molecular formula is C16H16O2. The molecule has 0 atom stereocenters. The average molecular weight is 240 g/mol. The van der Waals surface area contributed by atoms with E-state index in [1.54, 1.807) is 6.07 Å². The van der Waals surface area contributed by atoms with Crippen LogP contribution < -0.4 is 4.74 Å². The van der Waals surface area contributed by atoms with Gasteiger partial charge < -0.3 is 4.74 Å². The normalized spacial score (nSPS) is 10.1. The van der Waals surface area contributed by atoms with Crippen LogP contribution in [-0.2, 0) is 6.61 Å². The maximum absolute atomic E-state index is 10.9. The summed E-state index contributed by atoms with van der Waals surface area (Å²) in [5.41, 5.74) is 3.82. The number of benzene rings is 2. The first-order valence-electron chi connectivity index (χ1n) is 5.94. The number of aryl methyl sites for hydroxylation is 2. The number of carbonyl (C=O) groups is 1. The second-order valence-corrected chi connectivity index (χ2v) is 4.33. The maximum atomic E-state index is 10.9. The van der Waals surface area contributed by atoms with Gasteiger partial charge in [0.25, 0.3) is 0 Å². The van der Waals surface area contributed by atoms with Gasteiger partial charge in [-0.15, -0.1) is 0 Å². The Morgan fingerprint density at radius 1 is 1.00 bits per heavy atom. The van der Waals surface area contributed by atoms with E-state index in [4.69, 9.17) is 4.74 Å². The predicted octanol–water partition coefficient (Wildman–Crippen LogP) is 3.69. The number of aldehydes is 1. The van der Waals surface area contributed by atoms with E-state index in [-0.39, 0.29) is 0 Å². The monoisotopic (exact) mass is 240 g/mol. The van der Waals surface area contributed by atoms with Crippen molar-refractivity contribution < 1.29 is 9.53 Å². The zero-order valence-corrected chi connectivity index (χ0v) is 10.6. The molecule has 2 aromatic rings. The number of hydrogen-bond acceptors (Lipinski definition) is 2. The van der Waals surface area contributed by atoms with E-state index in [0.717, 1.165) is 28.7 Å². The highest BCUT2D eigenvalue weighted by Crippen LogP contribution is 2.23. The molecule has 0 saturated heterocycles. The quantitative estimate of drug-likeness (QED) is 0.762. The summed E-state index contributed by atoms with van der Waals surface area (Å²) in [6, 6.07) is 13.5. The van der Waals surface area contributed by atoms with E-state index in [1.807, 2.05) is 50.2 Å². The second kappa shape index (κ2) is 5.50. The molecule has 0 aliphatic carbocycles. The lowest BCUT2D eigenvalue weighted by molar-refractivity contribution is 0.112. The van der Waals surface area contributed by atoms with Gasteiger partial charge in [-0.05, 0) is 30.5 Å². The van der Waals surface area contributed by atoms with Gasteiger partial charge in [0, 0.05) is 5.56 Å². The molecule has 2 aromatic carbocycles. The van der Waals surface area contributed by atoms with Gasteiger partial charge in [-0.25, -0.2) is 0 Å². The summed E-state index contributed by atoms with van der Waals surface area (Å²) in [5.74, 6) is 0.901. The number of carbonyl (C=O) groups excluding carboxylic acids is 1. The number of ether oxygens (including phenoxy) is 1. The summed E-state index contributed by atoms with van der Waals surface area (Å²) in [6.45, 7) is 4.46. The zero-order chi connectivity index (χ0) is 13.0. The molecule has 0 saturated carbocycles. The Hall–Kier alpha value is -2.09. The van der Waals surface area contributed by atoms with E-state index in [1.165, 1.54) is 0 Å². The summed E-state index contributed by atoms with van der Waals surface area (Å²) < 4.78 is 5.84. The van der Waals surface area contributed by atoms with Crippen molar-refractivity contribution in [3.8, 4) is 5.75 Å². The highest BCUT2D eigenvalue weighted by Gasteiger charge is 2.05. The van der Waals surface area contributed by atoms with Crippen molar-refractivity contribution in [1.82, 2.24) is 0 Å². The van der Waals surface area contributed by atoms with Gasteiger partial charge in [0.1, 0.15) is 18.6 Å². The smallest absolute Gasteiger partial charge is 0.150 e. The van der Waals surface area contributed by atoms with Crippen LogP contribution in [0.4, 0.5) is 0 Å². The average Bonchev–Trinajstić information content (AvgIpc) is 2.38. The molecule has 0 bridgehead atoms. The van der Waals surface area contributed by atoms with Crippen LogP contribution in [0.3, 0.4) is 0 Å². The Bertz CT molecular complexity index is 539. The maximum Gasteiger partial charge on any atom is 0.150 e. The fraction of sp³-hybridized carbons (Fsp3) is 0.188. The van der Waals surface area contributed by atoms with Crippen molar-refractivity contribution >= 4 is 6.29 Å². The molecule has 92 valence electrons. The fourth-order valence-corrected chi connectivity index (χ4v) is 1.96. The molecule has 0 fully saturated rings. The standard InChI is InChI=1S/C16H16O2/c1-12-6-5-7-13(2)16(12)18-11-15-9-4-3-8-14(15)10-17/h3-10H,11H2,1-2H3. The van der Waals surface area contributed by atoms with Crippen LogP contribution in [0, 0.1) is 13.8 Å². The van der Waals surface area contributed by atoms with Crippen LogP contribution in [0.25, 0.3) is 0 Å². The van der Waals surface area contributed by atoms with Crippen LogP contribution >= 0.6 is 0 Å². The second-order valence-electron chi connectivity index (χ2n) is 4.33. The van der Waals surface area contributed by atoms with Crippen LogP contribution in [0.2, 0.25) is 0 Å². The largest absolute Gasteiger partial charge is 0.488 e. The van der Waals surface area contributed by atoms with Gasteiger partial charge in [0.2, 0.25) is 0 Å². The fourth-order valence-electron chi connectivity index (χ4n) is 1.96. The zero-order valence-electron chi connectivity index (χ0n) is 10.6. The molecule has 0 aliphatic rings. The van der Waals surface area contributed by atoms with Crippen LogP contribution in [0.1, 0.15) is 27.0 Å². The van der Waals surface area contributed by atoms with Crippen LogP contribution in [-0.4, -0.2) is 6.29 Å². The Balaban J connectivity index is 2.19. The minimum Gasteiger partial charge on any atom is -0.488 e. The number of hydrogen-bond donors (Lipinski definition) is 0. The Kier molecular flexibility index (Phi) is 3.78. The SMILES string of the molecule is Cc1cccc(C)c1OCc1ccccc1C=O. The number of para-hydroxylation sites is 1. The van der Waals surface area contributed by atoms with E-state index in [0.29, 0.717) is 12.2 Å². The van der Waals surface area contributed by atoms with Crippen molar-refractivity contribution in [2.75, 3.05) is 0 Å². The molecule has 0 amide bonds. The Morgan fingerprint density at radius 3 is 2.33 bits per heavy atom. The molecular weight excluding hydrogens is 224 g/mol. The lowest BCUT2D eigenvalue weighted by atomic mass is 10.1. The lowest BCUT2D eigenvalue weighted by Gasteiger charge is -2.12. The van der Waals surface area contributed by atoms with Gasteiger partial charge in [-0.3, -0.25) is 4.79 Å².